The summed E-state index contributed by atoms with van der Waals surface area (Å²) in [5.41, 5.74) is 0.242. The molecule has 0 aromatic carbocycles. The first-order valence-electron chi connectivity index (χ1n) is 7.40. The lowest BCUT2D eigenvalue weighted by atomic mass is 10.3. The molecule has 0 atom stereocenters. The van der Waals surface area contributed by atoms with Gasteiger partial charge in [0, 0.05) is 25.6 Å². The quantitative estimate of drug-likeness (QED) is 0.717. The van der Waals surface area contributed by atoms with E-state index < -0.39 is 0 Å². The number of aryl methyl sites for hydroxylation is 1. The van der Waals surface area contributed by atoms with E-state index in [2.05, 4.69) is 15.7 Å². The molecule has 1 fully saturated rings. The number of anilines is 1. The number of hydrogen-bond donors (Lipinski definition) is 2. The van der Waals surface area contributed by atoms with Gasteiger partial charge in [-0.15, -0.1) is 0 Å². The van der Waals surface area contributed by atoms with Crippen LogP contribution in [0.15, 0.2) is 11.0 Å². The average molecular weight is 313 g/mol. The minimum absolute atomic E-state index is 0.0851. The van der Waals surface area contributed by atoms with Crippen LogP contribution < -0.4 is 16.2 Å². The van der Waals surface area contributed by atoms with Gasteiger partial charge in [0.15, 0.2) is 0 Å². The van der Waals surface area contributed by atoms with Gasteiger partial charge in [-0.1, -0.05) is 18.5 Å². The highest BCUT2D eigenvalue weighted by atomic mass is 35.5. The van der Waals surface area contributed by atoms with Crippen molar-refractivity contribution in [2.24, 2.45) is 0 Å². The van der Waals surface area contributed by atoms with Crippen molar-refractivity contribution in [1.82, 2.24) is 15.1 Å². The third-order valence-electron chi connectivity index (χ3n) is 3.26. The van der Waals surface area contributed by atoms with Crippen molar-refractivity contribution in [3.05, 3.63) is 21.6 Å². The molecule has 0 spiro atoms. The Labute approximate surface area is 128 Å². The Hall–Kier alpha value is -1.56. The molecule has 116 valence electrons. The SMILES string of the molecule is CCCn1ncc(NCCCC(=O)NC2CC2)c(Cl)c1=O. The van der Waals surface area contributed by atoms with Gasteiger partial charge in [0.05, 0.1) is 11.9 Å². The molecular formula is C14H21ClN4O2. The van der Waals surface area contributed by atoms with Gasteiger partial charge in [-0.05, 0) is 25.7 Å². The largest absolute Gasteiger partial charge is 0.382 e. The van der Waals surface area contributed by atoms with Crippen LogP contribution in [0.5, 0.6) is 0 Å². The third kappa shape index (κ3) is 4.74. The number of amides is 1. The molecule has 1 aliphatic rings. The van der Waals surface area contributed by atoms with Crippen molar-refractivity contribution in [2.45, 2.75) is 51.6 Å². The number of halogens is 1. The predicted octanol–water partition coefficient (Wildman–Crippen LogP) is 1.78. The number of nitrogens with one attached hydrogen (secondary N) is 2. The standard InChI is InChI=1S/C14H21ClN4O2/c1-2-8-19-14(21)13(15)11(9-17-19)16-7-3-4-12(20)18-10-5-6-10/h9-10,16H,2-8H2,1H3,(H,18,20). The Kier molecular flexibility index (Phi) is 5.61. The number of aromatic nitrogens is 2. The van der Waals surface area contributed by atoms with Crippen LogP contribution in [0.25, 0.3) is 0 Å². The normalized spacial score (nSPS) is 14.0. The van der Waals surface area contributed by atoms with Crippen LogP contribution in [0.3, 0.4) is 0 Å². The highest BCUT2D eigenvalue weighted by Crippen LogP contribution is 2.19. The summed E-state index contributed by atoms with van der Waals surface area (Å²) >= 11 is 6.04. The molecule has 21 heavy (non-hydrogen) atoms. The van der Waals surface area contributed by atoms with Gasteiger partial charge in [-0.3, -0.25) is 9.59 Å². The van der Waals surface area contributed by atoms with Gasteiger partial charge in [-0.25, -0.2) is 4.68 Å². The minimum atomic E-state index is -0.282. The van der Waals surface area contributed by atoms with E-state index in [1.807, 2.05) is 6.92 Å². The summed E-state index contributed by atoms with van der Waals surface area (Å²) in [6.07, 6.45) is 5.74. The molecule has 1 amide bonds. The van der Waals surface area contributed by atoms with Gasteiger partial charge < -0.3 is 10.6 Å². The molecule has 6 nitrogen and oxygen atoms in total. The van der Waals surface area contributed by atoms with E-state index in [0.29, 0.717) is 37.7 Å². The van der Waals surface area contributed by atoms with Crippen LogP contribution in [0.4, 0.5) is 5.69 Å². The number of carbonyl (C=O) groups is 1. The maximum absolute atomic E-state index is 11.9. The fourth-order valence-corrected chi connectivity index (χ4v) is 2.17. The summed E-state index contributed by atoms with van der Waals surface area (Å²) in [7, 11) is 0. The molecule has 1 aliphatic carbocycles. The van der Waals surface area contributed by atoms with E-state index in [4.69, 9.17) is 11.6 Å². The predicted molar refractivity (Wildman–Crippen MR) is 82.7 cm³/mol. The van der Waals surface area contributed by atoms with Crippen molar-refractivity contribution in [3.63, 3.8) is 0 Å². The van der Waals surface area contributed by atoms with Crippen molar-refractivity contribution in [1.29, 1.82) is 0 Å². The molecule has 7 heteroatoms. The van der Waals surface area contributed by atoms with Gasteiger partial charge >= 0.3 is 0 Å². The van der Waals surface area contributed by atoms with Crippen molar-refractivity contribution in [2.75, 3.05) is 11.9 Å². The van der Waals surface area contributed by atoms with Gasteiger partial charge in [-0.2, -0.15) is 5.10 Å². The Bertz CT molecular complexity index is 554. The van der Waals surface area contributed by atoms with Crippen molar-refractivity contribution < 1.29 is 4.79 Å². The molecule has 2 N–H and O–H groups in total. The monoisotopic (exact) mass is 312 g/mol. The van der Waals surface area contributed by atoms with Crippen LogP contribution in [0.1, 0.15) is 39.0 Å². The Balaban J connectivity index is 1.78. The topological polar surface area (TPSA) is 76.0 Å². The van der Waals surface area contributed by atoms with Gasteiger partial charge in [0.2, 0.25) is 5.91 Å². The van der Waals surface area contributed by atoms with E-state index in [9.17, 15) is 9.59 Å². The molecular weight excluding hydrogens is 292 g/mol. The van der Waals surface area contributed by atoms with Crippen LogP contribution in [-0.4, -0.2) is 28.3 Å². The highest BCUT2D eigenvalue weighted by molar-refractivity contribution is 6.32. The highest BCUT2D eigenvalue weighted by Gasteiger charge is 2.22. The first-order chi connectivity index (χ1) is 10.1. The molecule has 1 aromatic heterocycles. The maximum Gasteiger partial charge on any atom is 0.287 e. The molecule has 1 heterocycles. The molecule has 1 saturated carbocycles. The smallest absolute Gasteiger partial charge is 0.287 e. The fraction of sp³-hybridized carbons (Fsp3) is 0.643. The second kappa shape index (κ2) is 7.45. The Morgan fingerprint density at radius 2 is 2.29 bits per heavy atom. The zero-order valence-electron chi connectivity index (χ0n) is 12.2. The maximum atomic E-state index is 11.9. The Morgan fingerprint density at radius 3 is 2.95 bits per heavy atom. The zero-order valence-corrected chi connectivity index (χ0v) is 12.9. The molecule has 0 unspecified atom stereocenters. The van der Waals surface area contributed by atoms with E-state index >= 15 is 0 Å². The summed E-state index contributed by atoms with van der Waals surface area (Å²) in [6, 6.07) is 0.398. The summed E-state index contributed by atoms with van der Waals surface area (Å²) in [6.45, 7) is 3.11. The second-order valence-corrected chi connectivity index (χ2v) is 5.65. The lowest BCUT2D eigenvalue weighted by Gasteiger charge is -2.09. The Morgan fingerprint density at radius 1 is 1.52 bits per heavy atom. The van der Waals surface area contributed by atoms with E-state index in [0.717, 1.165) is 19.3 Å². The van der Waals surface area contributed by atoms with E-state index in [-0.39, 0.29) is 16.5 Å². The molecule has 0 saturated heterocycles. The van der Waals surface area contributed by atoms with E-state index in [1.165, 1.54) is 4.68 Å². The van der Waals surface area contributed by atoms with Crippen molar-refractivity contribution in [3.8, 4) is 0 Å². The first-order valence-corrected chi connectivity index (χ1v) is 7.78. The lowest BCUT2D eigenvalue weighted by Crippen LogP contribution is -2.26. The van der Waals surface area contributed by atoms with Crippen LogP contribution in [-0.2, 0) is 11.3 Å². The molecule has 0 aliphatic heterocycles. The lowest BCUT2D eigenvalue weighted by molar-refractivity contribution is -0.121. The van der Waals surface area contributed by atoms with Crippen molar-refractivity contribution >= 4 is 23.2 Å². The fourth-order valence-electron chi connectivity index (χ4n) is 1.96. The number of rotatable bonds is 8. The second-order valence-electron chi connectivity index (χ2n) is 5.27. The summed E-state index contributed by atoms with van der Waals surface area (Å²) < 4.78 is 1.36. The number of carbonyl (C=O) groups excluding carboxylic acids is 1. The van der Waals surface area contributed by atoms with Crippen LogP contribution in [0.2, 0.25) is 5.02 Å². The molecule has 0 bridgehead atoms. The minimum Gasteiger partial charge on any atom is -0.382 e. The molecule has 0 radical (unpaired) electrons. The average Bonchev–Trinajstić information content (AvgIpc) is 3.26. The summed E-state index contributed by atoms with van der Waals surface area (Å²) in [4.78, 5) is 23.4. The van der Waals surface area contributed by atoms with E-state index in [1.54, 1.807) is 6.20 Å². The number of nitrogens with zero attached hydrogens (tertiary/aromatic N) is 2. The van der Waals surface area contributed by atoms with Crippen LogP contribution >= 0.6 is 11.6 Å². The summed E-state index contributed by atoms with van der Waals surface area (Å²) in [5.74, 6) is 0.0851. The van der Waals surface area contributed by atoms with Crippen LogP contribution in [0, 0.1) is 0 Å². The van der Waals surface area contributed by atoms with Gasteiger partial charge in [0.1, 0.15) is 5.02 Å². The molecule has 2 rings (SSSR count). The molecule has 1 aromatic rings. The third-order valence-corrected chi connectivity index (χ3v) is 3.62. The summed E-state index contributed by atoms with van der Waals surface area (Å²) in [5, 5.41) is 10.2. The zero-order chi connectivity index (χ0) is 15.2. The number of hydrogen-bond acceptors (Lipinski definition) is 4. The van der Waals surface area contributed by atoms with Gasteiger partial charge in [0.25, 0.3) is 5.56 Å². The first kappa shape index (κ1) is 15.8.